The van der Waals surface area contributed by atoms with Crippen LogP contribution in [0.4, 0.5) is 0 Å². The molecule has 70 valence electrons. The minimum absolute atomic E-state index is 1.18. The van der Waals surface area contributed by atoms with E-state index in [4.69, 9.17) is 0 Å². The summed E-state index contributed by atoms with van der Waals surface area (Å²) >= 11 is 2.36. The van der Waals surface area contributed by atoms with E-state index in [-0.39, 0.29) is 0 Å². The van der Waals surface area contributed by atoms with Gasteiger partial charge in [0.15, 0.2) is 0 Å². The van der Waals surface area contributed by atoms with E-state index in [1.54, 1.807) is 5.57 Å². The topological polar surface area (TPSA) is 0 Å². The first-order chi connectivity index (χ1) is 5.70. The monoisotopic (exact) mass is 278 g/mol. The van der Waals surface area contributed by atoms with Crippen molar-refractivity contribution >= 4 is 22.6 Å². The molecule has 0 atom stereocenters. The van der Waals surface area contributed by atoms with Crippen LogP contribution in [0, 0.1) is 0 Å². The largest absolute Gasteiger partial charge is 0.0856 e. The molecule has 0 aliphatic heterocycles. The minimum Gasteiger partial charge on any atom is -0.0856 e. The van der Waals surface area contributed by atoms with Crippen LogP contribution in [-0.4, -0.2) is 0 Å². The Bertz CT molecular complexity index is 162. The Kier molecular flexibility index (Phi) is 7.98. The molecule has 1 heteroatoms. The van der Waals surface area contributed by atoms with Crippen LogP contribution in [0.2, 0.25) is 0 Å². The molecule has 0 aromatic rings. The first kappa shape index (κ1) is 12.2. The van der Waals surface area contributed by atoms with E-state index in [1.165, 1.54) is 29.3 Å². The maximum atomic E-state index is 2.36. The SMILES string of the molecule is CC/C=C(\CC)CC/C=C(\C)I. The maximum absolute atomic E-state index is 2.36. The zero-order valence-corrected chi connectivity index (χ0v) is 10.5. The highest BCUT2D eigenvalue weighted by Gasteiger charge is 1.91. The molecule has 0 radical (unpaired) electrons. The van der Waals surface area contributed by atoms with Crippen LogP contribution in [0.5, 0.6) is 0 Å². The molecule has 0 amide bonds. The smallest absolute Gasteiger partial charge is 0.0165 e. The van der Waals surface area contributed by atoms with Gasteiger partial charge in [0.2, 0.25) is 0 Å². The molecule has 0 aliphatic carbocycles. The van der Waals surface area contributed by atoms with Crippen molar-refractivity contribution in [2.45, 2.75) is 46.5 Å². The van der Waals surface area contributed by atoms with E-state index >= 15 is 0 Å². The molecule has 0 bridgehead atoms. The van der Waals surface area contributed by atoms with Gasteiger partial charge in [-0.3, -0.25) is 0 Å². The molecule has 0 nitrogen and oxygen atoms in total. The molecule has 0 rings (SSSR count). The van der Waals surface area contributed by atoms with Crippen LogP contribution in [0.15, 0.2) is 21.3 Å². The highest BCUT2D eigenvalue weighted by molar-refractivity contribution is 14.1. The van der Waals surface area contributed by atoms with Crippen molar-refractivity contribution < 1.29 is 0 Å². The first-order valence-electron chi connectivity index (χ1n) is 4.70. The molecule has 0 aliphatic rings. The molecule has 0 saturated heterocycles. The molecule has 0 aromatic carbocycles. The van der Waals surface area contributed by atoms with Gasteiger partial charge in [0, 0.05) is 0 Å². The van der Waals surface area contributed by atoms with E-state index < -0.39 is 0 Å². The molecule has 0 spiro atoms. The molecule has 0 heterocycles. The Morgan fingerprint density at radius 1 is 1.25 bits per heavy atom. The van der Waals surface area contributed by atoms with Gasteiger partial charge in [-0.2, -0.15) is 0 Å². The van der Waals surface area contributed by atoms with Crippen molar-refractivity contribution in [3.8, 4) is 0 Å². The van der Waals surface area contributed by atoms with Crippen LogP contribution < -0.4 is 0 Å². The van der Waals surface area contributed by atoms with Crippen molar-refractivity contribution in [3.63, 3.8) is 0 Å². The Morgan fingerprint density at radius 3 is 2.33 bits per heavy atom. The van der Waals surface area contributed by atoms with Crippen molar-refractivity contribution in [3.05, 3.63) is 21.3 Å². The summed E-state index contributed by atoms with van der Waals surface area (Å²) in [6.07, 6.45) is 9.49. The summed E-state index contributed by atoms with van der Waals surface area (Å²) in [5, 5.41) is 0. The normalized spacial score (nSPS) is 13.7. The van der Waals surface area contributed by atoms with Crippen molar-refractivity contribution in [1.29, 1.82) is 0 Å². The fourth-order valence-electron chi connectivity index (χ4n) is 1.17. The number of hydrogen-bond acceptors (Lipinski definition) is 0. The van der Waals surface area contributed by atoms with Crippen LogP contribution >= 0.6 is 22.6 Å². The van der Waals surface area contributed by atoms with E-state index in [1.807, 2.05) is 0 Å². The molecule has 0 saturated carbocycles. The van der Waals surface area contributed by atoms with Gasteiger partial charge >= 0.3 is 0 Å². The lowest BCUT2D eigenvalue weighted by molar-refractivity contribution is 0.893. The van der Waals surface area contributed by atoms with E-state index in [2.05, 4.69) is 55.5 Å². The quantitative estimate of drug-likeness (QED) is 0.498. The van der Waals surface area contributed by atoms with Gasteiger partial charge in [0.1, 0.15) is 0 Å². The molecule has 0 unspecified atom stereocenters. The summed E-state index contributed by atoms with van der Waals surface area (Å²) in [6.45, 7) is 6.59. The molecule has 0 fully saturated rings. The van der Waals surface area contributed by atoms with Gasteiger partial charge < -0.3 is 0 Å². The Labute approximate surface area is 90.3 Å². The number of hydrogen-bond donors (Lipinski definition) is 0. The third-order valence-electron chi connectivity index (χ3n) is 1.84. The second-order valence-electron chi connectivity index (χ2n) is 2.95. The van der Waals surface area contributed by atoms with Crippen molar-refractivity contribution in [1.82, 2.24) is 0 Å². The lowest BCUT2D eigenvalue weighted by Gasteiger charge is -2.01. The Morgan fingerprint density at radius 2 is 1.92 bits per heavy atom. The van der Waals surface area contributed by atoms with Gasteiger partial charge in [0.05, 0.1) is 0 Å². The second-order valence-corrected chi connectivity index (χ2v) is 4.66. The molecular formula is C11H19I. The maximum Gasteiger partial charge on any atom is -0.0165 e. The van der Waals surface area contributed by atoms with Gasteiger partial charge in [-0.1, -0.05) is 31.6 Å². The fourth-order valence-corrected chi connectivity index (χ4v) is 1.48. The lowest BCUT2D eigenvalue weighted by atomic mass is 10.1. The van der Waals surface area contributed by atoms with Crippen LogP contribution in [0.25, 0.3) is 0 Å². The fraction of sp³-hybridized carbons (Fsp3) is 0.636. The lowest BCUT2D eigenvalue weighted by Crippen LogP contribution is -1.80. The Balaban J connectivity index is 3.74. The molecule has 0 aromatic heterocycles. The first-order valence-corrected chi connectivity index (χ1v) is 5.78. The van der Waals surface area contributed by atoms with Crippen LogP contribution in [0.3, 0.4) is 0 Å². The Hall–Kier alpha value is 0.210. The third kappa shape index (κ3) is 6.89. The number of halogens is 1. The summed E-state index contributed by atoms with van der Waals surface area (Å²) < 4.78 is 1.40. The van der Waals surface area contributed by atoms with Crippen LogP contribution in [-0.2, 0) is 0 Å². The van der Waals surface area contributed by atoms with Gasteiger partial charge in [-0.05, 0) is 58.8 Å². The zero-order chi connectivity index (χ0) is 9.40. The zero-order valence-electron chi connectivity index (χ0n) is 8.36. The van der Waals surface area contributed by atoms with Crippen molar-refractivity contribution in [2.24, 2.45) is 0 Å². The number of allylic oxidation sites excluding steroid dienone is 4. The highest BCUT2D eigenvalue weighted by Crippen LogP contribution is 2.13. The predicted molar refractivity (Wildman–Crippen MR) is 65.7 cm³/mol. The molecular weight excluding hydrogens is 259 g/mol. The second kappa shape index (κ2) is 7.84. The summed E-state index contributed by atoms with van der Waals surface area (Å²) in [4.78, 5) is 0. The summed E-state index contributed by atoms with van der Waals surface area (Å²) in [5.74, 6) is 0. The van der Waals surface area contributed by atoms with E-state index in [0.29, 0.717) is 0 Å². The average Bonchev–Trinajstić information content (AvgIpc) is 2.02. The standard InChI is InChI=1S/C11H19I/c1-4-7-11(5-2)9-6-8-10(3)12/h7-8H,4-6,9H2,1-3H3/b10-8+,11-7+. The summed E-state index contributed by atoms with van der Waals surface area (Å²) in [5.41, 5.74) is 1.60. The van der Waals surface area contributed by atoms with Crippen molar-refractivity contribution in [2.75, 3.05) is 0 Å². The van der Waals surface area contributed by atoms with E-state index in [9.17, 15) is 0 Å². The summed E-state index contributed by atoms with van der Waals surface area (Å²) in [6, 6.07) is 0. The van der Waals surface area contributed by atoms with Crippen LogP contribution in [0.1, 0.15) is 46.5 Å². The van der Waals surface area contributed by atoms with Gasteiger partial charge in [-0.25, -0.2) is 0 Å². The minimum atomic E-state index is 1.18. The van der Waals surface area contributed by atoms with E-state index in [0.717, 1.165) is 0 Å². The molecule has 12 heavy (non-hydrogen) atoms. The third-order valence-corrected chi connectivity index (χ3v) is 2.28. The number of rotatable bonds is 5. The molecule has 0 N–H and O–H groups in total. The predicted octanol–water partition coefficient (Wildman–Crippen LogP) is 4.85. The average molecular weight is 278 g/mol. The summed E-state index contributed by atoms with van der Waals surface area (Å²) in [7, 11) is 0. The van der Waals surface area contributed by atoms with Gasteiger partial charge in [0.25, 0.3) is 0 Å². The highest BCUT2D eigenvalue weighted by atomic mass is 127. The van der Waals surface area contributed by atoms with Gasteiger partial charge in [-0.15, -0.1) is 0 Å².